The van der Waals surface area contributed by atoms with Crippen molar-refractivity contribution < 1.29 is 39.4 Å². The molecule has 5 atom stereocenters. The topological polar surface area (TPSA) is 126 Å². The SMILES string of the molecule is CC(=CCC(=O)OCC(O)COCC(O)COCC(O)CO)CCCC(C)CCCC(C)CCCC(C)C. The number of rotatable bonds is 25. The Morgan fingerprint density at radius 1 is 0.711 bits per heavy atom. The Hall–Kier alpha value is -1.03. The van der Waals surface area contributed by atoms with Crippen LogP contribution in [0.3, 0.4) is 0 Å². The number of carbonyl (C=O) groups excluding carboxylic acids is 1. The molecule has 0 aliphatic rings. The first-order chi connectivity index (χ1) is 18.0. The minimum absolute atomic E-state index is 0.0648. The molecular weight excluding hydrogens is 488 g/mol. The number of aliphatic hydroxyl groups excluding tert-OH is 4. The lowest BCUT2D eigenvalue weighted by Crippen LogP contribution is -2.29. The van der Waals surface area contributed by atoms with Gasteiger partial charge in [0, 0.05) is 0 Å². The van der Waals surface area contributed by atoms with E-state index < -0.39 is 30.9 Å². The standard InChI is InChI=1S/C30H58O8/c1-23(2)9-6-10-24(3)11-7-12-25(4)13-8-14-26(5)15-16-30(35)38-22-29(34)21-37-20-28(33)19-36-18-27(32)17-31/h15,23-25,27-29,31-34H,6-14,16-22H2,1-5H3. The fourth-order valence-corrected chi connectivity index (χ4v) is 4.14. The second-order valence-electron chi connectivity index (χ2n) is 11.5. The summed E-state index contributed by atoms with van der Waals surface area (Å²) in [6, 6.07) is 0. The summed E-state index contributed by atoms with van der Waals surface area (Å²) in [6.07, 6.45) is 10.5. The Kier molecular flexibility index (Phi) is 23.2. The third-order valence-electron chi connectivity index (χ3n) is 6.65. The zero-order valence-corrected chi connectivity index (χ0v) is 24.8. The number of ether oxygens (including phenoxy) is 3. The van der Waals surface area contributed by atoms with Gasteiger partial charge >= 0.3 is 5.97 Å². The van der Waals surface area contributed by atoms with E-state index in [2.05, 4.69) is 27.7 Å². The molecule has 0 aliphatic carbocycles. The zero-order chi connectivity index (χ0) is 28.8. The van der Waals surface area contributed by atoms with Gasteiger partial charge in [0.1, 0.15) is 24.9 Å². The molecule has 0 aliphatic heterocycles. The predicted molar refractivity (Wildman–Crippen MR) is 151 cm³/mol. The lowest BCUT2D eigenvalue weighted by molar-refractivity contribution is -0.147. The van der Waals surface area contributed by atoms with Crippen LogP contribution >= 0.6 is 0 Å². The van der Waals surface area contributed by atoms with Crippen LogP contribution in [-0.2, 0) is 19.0 Å². The summed E-state index contributed by atoms with van der Waals surface area (Å²) in [5, 5.41) is 37.4. The van der Waals surface area contributed by atoms with Gasteiger partial charge in [0.25, 0.3) is 0 Å². The van der Waals surface area contributed by atoms with Crippen LogP contribution in [0.1, 0.15) is 98.8 Å². The Bertz CT molecular complexity index is 595. The first-order valence-corrected chi connectivity index (χ1v) is 14.6. The van der Waals surface area contributed by atoms with Crippen molar-refractivity contribution >= 4 is 5.97 Å². The molecule has 8 nitrogen and oxygen atoms in total. The molecule has 0 rings (SSSR count). The van der Waals surface area contributed by atoms with Crippen molar-refractivity contribution in [2.45, 2.75) is 117 Å². The summed E-state index contributed by atoms with van der Waals surface area (Å²) in [4.78, 5) is 12.0. The van der Waals surface area contributed by atoms with Crippen LogP contribution in [0.5, 0.6) is 0 Å². The molecule has 0 saturated heterocycles. The van der Waals surface area contributed by atoms with Gasteiger partial charge in [-0.1, -0.05) is 84.3 Å². The number of hydrogen-bond acceptors (Lipinski definition) is 8. The van der Waals surface area contributed by atoms with E-state index >= 15 is 0 Å². The van der Waals surface area contributed by atoms with Gasteiger partial charge in [0.15, 0.2) is 0 Å². The molecule has 226 valence electrons. The Labute approximate surface area is 231 Å². The summed E-state index contributed by atoms with van der Waals surface area (Å²) in [7, 11) is 0. The highest BCUT2D eigenvalue weighted by molar-refractivity contribution is 5.71. The normalized spacial score (nSPS) is 16.3. The van der Waals surface area contributed by atoms with Gasteiger partial charge in [0.2, 0.25) is 0 Å². The van der Waals surface area contributed by atoms with Gasteiger partial charge in [0.05, 0.1) is 39.5 Å². The van der Waals surface area contributed by atoms with Crippen molar-refractivity contribution in [2.75, 3.05) is 39.6 Å². The van der Waals surface area contributed by atoms with Crippen molar-refractivity contribution in [1.82, 2.24) is 0 Å². The predicted octanol–water partition coefficient (Wildman–Crippen LogP) is 4.41. The average molecular weight is 547 g/mol. The van der Waals surface area contributed by atoms with Gasteiger partial charge in [-0.2, -0.15) is 0 Å². The van der Waals surface area contributed by atoms with E-state index in [9.17, 15) is 15.0 Å². The molecular formula is C30H58O8. The van der Waals surface area contributed by atoms with Crippen LogP contribution < -0.4 is 0 Å². The number of hydrogen-bond donors (Lipinski definition) is 4. The summed E-state index contributed by atoms with van der Waals surface area (Å²) < 4.78 is 15.3. The molecule has 38 heavy (non-hydrogen) atoms. The van der Waals surface area contributed by atoms with E-state index in [1.54, 1.807) is 0 Å². The van der Waals surface area contributed by atoms with Crippen LogP contribution in [0.4, 0.5) is 0 Å². The molecule has 0 aromatic carbocycles. The largest absolute Gasteiger partial charge is 0.463 e. The summed E-state index contributed by atoms with van der Waals surface area (Å²) in [5.41, 5.74) is 1.18. The summed E-state index contributed by atoms with van der Waals surface area (Å²) >= 11 is 0. The molecule has 0 spiro atoms. The lowest BCUT2D eigenvalue weighted by Gasteiger charge is -2.15. The van der Waals surface area contributed by atoms with E-state index in [0.717, 1.165) is 30.6 Å². The minimum atomic E-state index is -0.988. The third kappa shape index (κ3) is 24.0. The molecule has 5 unspecified atom stereocenters. The van der Waals surface area contributed by atoms with Gasteiger partial charge in [-0.25, -0.2) is 0 Å². The highest BCUT2D eigenvalue weighted by Gasteiger charge is 2.12. The van der Waals surface area contributed by atoms with Gasteiger partial charge in [-0.15, -0.1) is 0 Å². The molecule has 4 N–H and O–H groups in total. The first-order valence-electron chi connectivity index (χ1n) is 14.6. The van der Waals surface area contributed by atoms with Crippen molar-refractivity contribution in [3.8, 4) is 0 Å². The van der Waals surface area contributed by atoms with Crippen LogP contribution in [-0.4, -0.2) is 84.3 Å². The van der Waals surface area contributed by atoms with Gasteiger partial charge in [-0.05, 0) is 37.5 Å². The highest BCUT2D eigenvalue weighted by Crippen LogP contribution is 2.22. The molecule has 0 aromatic heterocycles. The quantitative estimate of drug-likeness (QED) is 0.0980. The van der Waals surface area contributed by atoms with Crippen molar-refractivity contribution in [3.63, 3.8) is 0 Å². The van der Waals surface area contributed by atoms with Crippen LogP contribution in [0.2, 0.25) is 0 Å². The van der Waals surface area contributed by atoms with Crippen molar-refractivity contribution in [2.24, 2.45) is 17.8 Å². The Morgan fingerprint density at radius 2 is 1.18 bits per heavy atom. The molecule has 0 saturated carbocycles. The zero-order valence-electron chi connectivity index (χ0n) is 24.8. The van der Waals surface area contributed by atoms with Crippen LogP contribution in [0.15, 0.2) is 11.6 Å². The summed E-state index contributed by atoms with van der Waals surface area (Å²) in [5.74, 6) is 1.98. The van der Waals surface area contributed by atoms with E-state index in [4.69, 9.17) is 24.4 Å². The molecule has 0 aromatic rings. The lowest BCUT2D eigenvalue weighted by atomic mass is 9.91. The second-order valence-corrected chi connectivity index (χ2v) is 11.5. The third-order valence-corrected chi connectivity index (χ3v) is 6.65. The monoisotopic (exact) mass is 546 g/mol. The van der Waals surface area contributed by atoms with Crippen molar-refractivity contribution in [1.29, 1.82) is 0 Å². The molecule has 0 fully saturated rings. The molecule has 8 heteroatoms. The first kappa shape index (κ1) is 37.0. The maximum Gasteiger partial charge on any atom is 0.309 e. The fraction of sp³-hybridized carbons (Fsp3) is 0.900. The van der Waals surface area contributed by atoms with Gasteiger partial charge in [-0.3, -0.25) is 4.79 Å². The van der Waals surface area contributed by atoms with E-state index in [0.29, 0.717) is 0 Å². The number of carbonyl (C=O) groups is 1. The minimum Gasteiger partial charge on any atom is -0.463 e. The molecule has 0 amide bonds. The maximum absolute atomic E-state index is 12.0. The molecule has 0 heterocycles. The van der Waals surface area contributed by atoms with E-state index in [-0.39, 0.29) is 39.5 Å². The maximum atomic E-state index is 12.0. The van der Waals surface area contributed by atoms with Crippen molar-refractivity contribution in [3.05, 3.63) is 11.6 Å². The van der Waals surface area contributed by atoms with E-state index in [1.165, 1.54) is 50.5 Å². The average Bonchev–Trinajstić information content (AvgIpc) is 2.85. The second kappa shape index (κ2) is 23.8. The summed E-state index contributed by atoms with van der Waals surface area (Å²) in [6.45, 7) is 10.5. The van der Waals surface area contributed by atoms with Crippen LogP contribution in [0, 0.1) is 17.8 Å². The molecule has 0 bridgehead atoms. The highest BCUT2D eigenvalue weighted by atomic mass is 16.6. The fourth-order valence-electron chi connectivity index (χ4n) is 4.14. The number of esters is 1. The molecule has 0 radical (unpaired) electrons. The van der Waals surface area contributed by atoms with Gasteiger partial charge < -0.3 is 34.6 Å². The van der Waals surface area contributed by atoms with E-state index in [1.807, 2.05) is 13.0 Å². The van der Waals surface area contributed by atoms with Crippen LogP contribution in [0.25, 0.3) is 0 Å². The smallest absolute Gasteiger partial charge is 0.309 e. The Balaban J connectivity index is 3.83. The number of aliphatic hydroxyl groups is 4. The number of allylic oxidation sites excluding steroid dienone is 1. The Morgan fingerprint density at radius 3 is 1.71 bits per heavy atom.